The van der Waals surface area contributed by atoms with Gasteiger partial charge in [-0.15, -0.1) is 11.3 Å². The summed E-state index contributed by atoms with van der Waals surface area (Å²) in [6.07, 6.45) is 1.58. The number of rotatable bonds is 7. The third kappa shape index (κ3) is 4.45. The number of ether oxygens (including phenoxy) is 2. The topological polar surface area (TPSA) is 70.4 Å². The van der Waals surface area contributed by atoms with Crippen LogP contribution in [0.3, 0.4) is 0 Å². The van der Waals surface area contributed by atoms with Crippen LogP contribution in [0, 0.1) is 6.92 Å². The standard InChI is InChI=1S/C18H18N2O4S/c1-13-3-2-4-14(11-13)23-8-9-24-16(21)5-7-20-12-19-17-15(18(20)22)6-10-25-17/h2-4,6,10-12H,5,7-9H2,1H3. The maximum absolute atomic E-state index is 12.2. The fourth-order valence-corrected chi connectivity index (χ4v) is 3.08. The number of hydrogen-bond donors (Lipinski definition) is 0. The van der Waals surface area contributed by atoms with Crippen LogP contribution in [-0.4, -0.2) is 28.7 Å². The summed E-state index contributed by atoms with van der Waals surface area (Å²) in [6, 6.07) is 9.41. The van der Waals surface area contributed by atoms with Crippen molar-refractivity contribution >= 4 is 27.5 Å². The third-order valence-corrected chi connectivity index (χ3v) is 4.43. The molecule has 2 heterocycles. The number of carbonyl (C=O) groups is 1. The van der Waals surface area contributed by atoms with Gasteiger partial charge in [0, 0.05) is 6.54 Å². The second kappa shape index (κ2) is 7.94. The molecule has 3 aromatic rings. The Hall–Kier alpha value is -2.67. The molecule has 0 saturated carbocycles. The van der Waals surface area contributed by atoms with Gasteiger partial charge in [0.1, 0.15) is 23.8 Å². The number of hydrogen-bond acceptors (Lipinski definition) is 6. The van der Waals surface area contributed by atoms with Crippen LogP contribution in [-0.2, 0) is 16.1 Å². The Kier molecular flexibility index (Phi) is 5.45. The first-order valence-corrected chi connectivity index (χ1v) is 8.79. The largest absolute Gasteiger partial charge is 0.490 e. The SMILES string of the molecule is Cc1cccc(OCCOC(=O)CCn2cnc3sccc3c2=O)c1. The van der Waals surface area contributed by atoms with Crippen LogP contribution in [0.5, 0.6) is 5.75 Å². The molecule has 1 aromatic carbocycles. The number of esters is 1. The lowest BCUT2D eigenvalue weighted by Gasteiger charge is -2.08. The predicted molar refractivity (Wildman–Crippen MR) is 96.1 cm³/mol. The van der Waals surface area contributed by atoms with E-state index in [1.165, 1.54) is 22.2 Å². The van der Waals surface area contributed by atoms with Crippen molar-refractivity contribution in [3.63, 3.8) is 0 Å². The summed E-state index contributed by atoms with van der Waals surface area (Å²) in [7, 11) is 0. The van der Waals surface area contributed by atoms with Crippen LogP contribution in [0.15, 0.2) is 46.8 Å². The zero-order valence-corrected chi connectivity index (χ0v) is 14.6. The first kappa shape index (κ1) is 17.2. The van der Waals surface area contributed by atoms with E-state index in [-0.39, 0.29) is 37.7 Å². The Labute approximate surface area is 148 Å². The van der Waals surface area contributed by atoms with Crippen molar-refractivity contribution < 1.29 is 14.3 Å². The maximum atomic E-state index is 12.2. The van der Waals surface area contributed by atoms with E-state index in [2.05, 4.69) is 4.98 Å². The molecule has 0 radical (unpaired) electrons. The summed E-state index contributed by atoms with van der Waals surface area (Å²) >= 11 is 1.42. The van der Waals surface area contributed by atoms with Gasteiger partial charge < -0.3 is 9.47 Å². The average molecular weight is 358 g/mol. The molecular formula is C18H18N2O4S. The quantitative estimate of drug-likeness (QED) is 0.480. The molecule has 0 fully saturated rings. The Bertz CT molecular complexity index is 932. The minimum Gasteiger partial charge on any atom is -0.490 e. The van der Waals surface area contributed by atoms with Gasteiger partial charge >= 0.3 is 5.97 Å². The molecule has 6 nitrogen and oxygen atoms in total. The van der Waals surface area contributed by atoms with Crippen molar-refractivity contribution in [1.82, 2.24) is 9.55 Å². The molecule has 0 N–H and O–H groups in total. The van der Waals surface area contributed by atoms with E-state index in [4.69, 9.17) is 9.47 Å². The van der Waals surface area contributed by atoms with Crippen LogP contribution in [0.25, 0.3) is 10.2 Å². The Morgan fingerprint density at radius 3 is 3.00 bits per heavy atom. The molecule has 3 rings (SSSR count). The van der Waals surface area contributed by atoms with Gasteiger partial charge in [0.2, 0.25) is 0 Å². The Balaban J connectivity index is 1.43. The van der Waals surface area contributed by atoms with Crippen LogP contribution in [0.4, 0.5) is 0 Å². The fraction of sp³-hybridized carbons (Fsp3) is 0.278. The molecule has 7 heteroatoms. The van der Waals surface area contributed by atoms with E-state index in [1.54, 1.807) is 6.07 Å². The second-order valence-corrected chi connectivity index (χ2v) is 6.41. The lowest BCUT2D eigenvalue weighted by atomic mass is 10.2. The van der Waals surface area contributed by atoms with Gasteiger partial charge in [-0.1, -0.05) is 12.1 Å². The van der Waals surface area contributed by atoms with E-state index in [0.717, 1.165) is 11.3 Å². The van der Waals surface area contributed by atoms with Crippen LogP contribution in [0.2, 0.25) is 0 Å². The van der Waals surface area contributed by atoms with Gasteiger partial charge in [-0.25, -0.2) is 4.98 Å². The fourth-order valence-electron chi connectivity index (χ4n) is 2.36. The molecule has 0 bridgehead atoms. The number of aryl methyl sites for hydroxylation is 2. The summed E-state index contributed by atoms with van der Waals surface area (Å²) in [6.45, 7) is 2.69. The summed E-state index contributed by atoms with van der Waals surface area (Å²) in [5, 5.41) is 2.40. The summed E-state index contributed by atoms with van der Waals surface area (Å²) in [5.41, 5.74) is 0.970. The van der Waals surface area contributed by atoms with Gasteiger partial charge in [-0.05, 0) is 36.1 Å². The highest BCUT2D eigenvalue weighted by atomic mass is 32.1. The average Bonchev–Trinajstić information content (AvgIpc) is 3.08. The molecule has 0 aliphatic carbocycles. The molecule has 2 aromatic heterocycles. The van der Waals surface area contributed by atoms with Crippen molar-refractivity contribution in [1.29, 1.82) is 0 Å². The van der Waals surface area contributed by atoms with Crippen molar-refractivity contribution in [2.24, 2.45) is 0 Å². The lowest BCUT2D eigenvalue weighted by Crippen LogP contribution is -2.22. The first-order chi connectivity index (χ1) is 12.1. The van der Waals surface area contributed by atoms with Crippen molar-refractivity contribution in [2.75, 3.05) is 13.2 Å². The minimum absolute atomic E-state index is 0.113. The second-order valence-electron chi connectivity index (χ2n) is 5.52. The minimum atomic E-state index is -0.370. The van der Waals surface area contributed by atoms with Crippen LogP contribution < -0.4 is 10.3 Å². The zero-order chi connectivity index (χ0) is 17.6. The maximum Gasteiger partial charge on any atom is 0.307 e. The first-order valence-electron chi connectivity index (χ1n) is 7.91. The van der Waals surface area contributed by atoms with Gasteiger partial charge in [0.15, 0.2) is 0 Å². The molecular weight excluding hydrogens is 340 g/mol. The number of aromatic nitrogens is 2. The van der Waals surface area contributed by atoms with E-state index in [0.29, 0.717) is 10.2 Å². The third-order valence-electron chi connectivity index (χ3n) is 3.61. The summed E-state index contributed by atoms with van der Waals surface area (Å²) in [4.78, 5) is 28.9. The smallest absolute Gasteiger partial charge is 0.307 e. The normalized spacial score (nSPS) is 10.8. The highest BCUT2D eigenvalue weighted by Crippen LogP contribution is 2.13. The van der Waals surface area contributed by atoms with Gasteiger partial charge in [-0.2, -0.15) is 0 Å². The zero-order valence-electron chi connectivity index (χ0n) is 13.8. The van der Waals surface area contributed by atoms with E-state index in [9.17, 15) is 9.59 Å². The molecule has 0 aliphatic heterocycles. The Morgan fingerprint density at radius 1 is 1.28 bits per heavy atom. The van der Waals surface area contributed by atoms with E-state index >= 15 is 0 Å². The van der Waals surface area contributed by atoms with E-state index < -0.39 is 0 Å². The number of carbonyl (C=O) groups excluding carboxylic acids is 1. The van der Waals surface area contributed by atoms with Crippen LogP contribution in [0.1, 0.15) is 12.0 Å². The molecule has 130 valence electrons. The molecule has 0 unspecified atom stereocenters. The van der Waals surface area contributed by atoms with Crippen molar-refractivity contribution in [3.8, 4) is 5.75 Å². The van der Waals surface area contributed by atoms with Gasteiger partial charge in [-0.3, -0.25) is 14.2 Å². The molecule has 0 amide bonds. The monoisotopic (exact) mass is 358 g/mol. The van der Waals surface area contributed by atoms with Crippen molar-refractivity contribution in [2.45, 2.75) is 19.9 Å². The summed E-state index contributed by atoms with van der Waals surface area (Å²) < 4.78 is 12.1. The molecule has 25 heavy (non-hydrogen) atoms. The Morgan fingerprint density at radius 2 is 2.16 bits per heavy atom. The lowest BCUT2D eigenvalue weighted by molar-refractivity contribution is -0.144. The molecule has 0 atom stereocenters. The van der Waals surface area contributed by atoms with Crippen molar-refractivity contribution in [3.05, 3.63) is 58.0 Å². The number of fused-ring (bicyclic) bond motifs is 1. The van der Waals surface area contributed by atoms with Gasteiger partial charge in [0.25, 0.3) is 5.56 Å². The molecule has 0 aliphatic rings. The predicted octanol–water partition coefficient (Wildman–Crippen LogP) is 2.78. The number of benzene rings is 1. The molecule has 0 saturated heterocycles. The highest BCUT2D eigenvalue weighted by Gasteiger charge is 2.08. The number of thiophene rings is 1. The summed E-state index contributed by atoms with van der Waals surface area (Å²) in [5.74, 6) is 0.378. The van der Waals surface area contributed by atoms with Gasteiger partial charge in [0.05, 0.1) is 18.1 Å². The van der Waals surface area contributed by atoms with Crippen LogP contribution >= 0.6 is 11.3 Å². The van der Waals surface area contributed by atoms with E-state index in [1.807, 2.05) is 36.6 Å². The highest BCUT2D eigenvalue weighted by molar-refractivity contribution is 7.16. The molecule has 0 spiro atoms. The number of nitrogens with zero attached hydrogens (tertiary/aromatic N) is 2.